The van der Waals surface area contributed by atoms with Gasteiger partial charge in [-0.2, -0.15) is 0 Å². The lowest BCUT2D eigenvalue weighted by Crippen LogP contribution is -2.32. The predicted molar refractivity (Wildman–Crippen MR) is 79.2 cm³/mol. The fourth-order valence-electron chi connectivity index (χ4n) is 2.31. The summed E-state index contributed by atoms with van der Waals surface area (Å²) in [5.74, 6) is 0.104. The van der Waals surface area contributed by atoms with Gasteiger partial charge in [-0.15, -0.1) is 0 Å². The number of carbonyl (C=O) groups is 1. The molecule has 0 aliphatic carbocycles. The first-order valence-electron chi connectivity index (χ1n) is 6.47. The number of allylic oxidation sites excluding steroid dienone is 2. The summed E-state index contributed by atoms with van der Waals surface area (Å²) in [5.41, 5.74) is 1.41. The van der Waals surface area contributed by atoms with Crippen LogP contribution < -0.4 is 0 Å². The Bertz CT molecular complexity index is 528. The minimum absolute atomic E-state index is 0.104. The Kier molecular flexibility index (Phi) is 3.96. The molecule has 0 unspecified atom stereocenters. The zero-order valence-corrected chi connectivity index (χ0v) is 11.3. The van der Waals surface area contributed by atoms with Crippen molar-refractivity contribution in [2.75, 3.05) is 0 Å². The topological polar surface area (TPSA) is 17.1 Å². The Morgan fingerprint density at radius 3 is 1.68 bits per heavy atom. The van der Waals surface area contributed by atoms with Gasteiger partial charge in [0.2, 0.25) is 0 Å². The zero-order chi connectivity index (χ0) is 13.7. The van der Waals surface area contributed by atoms with E-state index in [2.05, 4.69) is 0 Å². The number of carbonyl (C=O) groups excluding carboxylic acids is 1. The van der Waals surface area contributed by atoms with Gasteiger partial charge in [-0.1, -0.05) is 66.7 Å². The first-order chi connectivity index (χ1) is 9.19. The van der Waals surface area contributed by atoms with Crippen molar-refractivity contribution in [3.05, 3.63) is 83.9 Å². The van der Waals surface area contributed by atoms with E-state index in [9.17, 15) is 4.79 Å². The van der Waals surface area contributed by atoms with Gasteiger partial charge in [0.25, 0.3) is 0 Å². The molecule has 2 aromatic rings. The van der Waals surface area contributed by atoms with E-state index in [0.717, 1.165) is 11.1 Å². The molecule has 96 valence electrons. The number of hydrogen-bond acceptors (Lipinski definition) is 1. The van der Waals surface area contributed by atoms with Gasteiger partial charge in [0.05, 0.1) is 5.41 Å². The van der Waals surface area contributed by atoms with Crippen molar-refractivity contribution < 1.29 is 4.79 Å². The van der Waals surface area contributed by atoms with Crippen molar-refractivity contribution in [3.63, 3.8) is 0 Å². The monoisotopic (exact) mass is 250 g/mol. The Morgan fingerprint density at radius 2 is 1.32 bits per heavy atom. The van der Waals surface area contributed by atoms with E-state index in [-0.39, 0.29) is 5.78 Å². The molecule has 0 amide bonds. The van der Waals surface area contributed by atoms with E-state index in [1.54, 1.807) is 12.2 Å². The van der Waals surface area contributed by atoms with Crippen LogP contribution in [0.25, 0.3) is 0 Å². The lowest BCUT2D eigenvalue weighted by Gasteiger charge is -2.28. The summed E-state index contributed by atoms with van der Waals surface area (Å²) in [5, 5.41) is 0. The fourth-order valence-corrected chi connectivity index (χ4v) is 2.31. The summed E-state index contributed by atoms with van der Waals surface area (Å²) in [6.45, 7) is 3.86. The predicted octanol–water partition coefficient (Wildman–Crippen LogP) is 4.14. The molecule has 19 heavy (non-hydrogen) atoms. The van der Waals surface area contributed by atoms with Crippen LogP contribution in [0.2, 0.25) is 0 Å². The summed E-state index contributed by atoms with van der Waals surface area (Å²) in [6.07, 6.45) is 3.45. The third kappa shape index (κ3) is 2.50. The zero-order valence-electron chi connectivity index (χ0n) is 11.3. The van der Waals surface area contributed by atoms with Crippen molar-refractivity contribution in [1.82, 2.24) is 0 Å². The molecule has 2 aromatic carbocycles. The second-order valence-electron chi connectivity index (χ2n) is 4.72. The van der Waals surface area contributed by atoms with Crippen molar-refractivity contribution in [2.24, 2.45) is 0 Å². The van der Waals surface area contributed by atoms with Crippen LogP contribution in [0.5, 0.6) is 0 Å². The molecule has 0 saturated heterocycles. The van der Waals surface area contributed by atoms with Crippen LogP contribution in [0.4, 0.5) is 0 Å². The SMILES string of the molecule is CC=CC(=O)C(C)(c1ccccc1)c1ccccc1. The summed E-state index contributed by atoms with van der Waals surface area (Å²) >= 11 is 0. The molecular formula is C18H18O. The van der Waals surface area contributed by atoms with Crippen molar-refractivity contribution in [1.29, 1.82) is 0 Å². The fraction of sp³-hybridized carbons (Fsp3) is 0.167. The Labute approximate surface area is 114 Å². The third-order valence-electron chi connectivity index (χ3n) is 3.51. The summed E-state index contributed by atoms with van der Waals surface area (Å²) in [4.78, 5) is 12.6. The Balaban J connectivity index is 2.61. The summed E-state index contributed by atoms with van der Waals surface area (Å²) < 4.78 is 0. The first kappa shape index (κ1) is 13.3. The minimum atomic E-state index is -0.630. The van der Waals surface area contributed by atoms with Gasteiger partial charge in [-0.3, -0.25) is 4.79 Å². The van der Waals surface area contributed by atoms with Gasteiger partial charge in [-0.05, 0) is 31.1 Å². The lowest BCUT2D eigenvalue weighted by atomic mass is 9.73. The highest BCUT2D eigenvalue weighted by Gasteiger charge is 2.34. The first-order valence-corrected chi connectivity index (χ1v) is 6.47. The van der Waals surface area contributed by atoms with E-state index in [0.29, 0.717) is 0 Å². The van der Waals surface area contributed by atoms with Crippen LogP contribution in [-0.2, 0) is 10.2 Å². The van der Waals surface area contributed by atoms with Gasteiger partial charge < -0.3 is 0 Å². The molecule has 0 saturated carbocycles. The molecule has 2 rings (SSSR count). The van der Waals surface area contributed by atoms with Gasteiger partial charge in [0, 0.05) is 0 Å². The van der Waals surface area contributed by atoms with Crippen molar-refractivity contribution in [2.45, 2.75) is 19.3 Å². The smallest absolute Gasteiger partial charge is 0.169 e. The van der Waals surface area contributed by atoms with Crippen LogP contribution in [0.15, 0.2) is 72.8 Å². The van der Waals surface area contributed by atoms with Crippen LogP contribution in [0.1, 0.15) is 25.0 Å². The highest BCUT2D eigenvalue weighted by molar-refractivity contribution is 6.01. The van der Waals surface area contributed by atoms with Gasteiger partial charge in [-0.25, -0.2) is 0 Å². The average Bonchev–Trinajstić information content (AvgIpc) is 2.48. The maximum absolute atomic E-state index is 12.6. The molecule has 0 atom stereocenters. The molecule has 1 heteroatoms. The van der Waals surface area contributed by atoms with E-state index in [4.69, 9.17) is 0 Å². The number of ketones is 1. The third-order valence-corrected chi connectivity index (χ3v) is 3.51. The van der Waals surface area contributed by atoms with Gasteiger partial charge >= 0.3 is 0 Å². The summed E-state index contributed by atoms with van der Waals surface area (Å²) in [7, 11) is 0. The molecule has 0 radical (unpaired) electrons. The molecule has 0 fully saturated rings. The molecule has 0 aromatic heterocycles. The molecule has 0 bridgehead atoms. The van der Waals surface area contributed by atoms with E-state index in [1.165, 1.54) is 0 Å². The lowest BCUT2D eigenvalue weighted by molar-refractivity contribution is -0.118. The molecule has 0 aliphatic rings. The van der Waals surface area contributed by atoms with E-state index >= 15 is 0 Å². The van der Waals surface area contributed by atoms with Crippen LogP contribution in [-0.4, -0.2) is 5.78 Å². The summed E-state index contributed by atoms with van der Waals surface area (Å²) in [6, 6.07) is 19.9. The quantitative estimate of drug-likeness (QED) is 0.745. The maximum Gasteiger partial charge on any atom is 0.169 e. The second-order valence-corrected chi connectivity index (χ2v) is 4.72. The minimum Gasteiger partial charge on any atom is -0.293 e. The van der Waals surface area contributed by atoms with Crippen LogP contribution in [0, 0.1) is 0 Å². The number of benzene rings is 2. The van der Waals surface area contributed by atoms with Crippen molar-refractivity contribution in [3.8, 4) is 0 Å². The highest BCUT2D eigenvalue weighted by atomic mass is 16.1. The van der Waals surface area contributed by atoms with Gasteiger partial charge in [0.1, 0.15) is 0 Å². The highest BCUT2D eigenvalue weighted by Crippen LogP contribution is 2.33. The number of hydrogen-bond donors (Lipinski definition) is 0. The standard InChI is InChI=1S/C18H18O/c1-3-10-17(19)18(2,15-11-6-4-7-12-15)16-13-8-5-9-14-16/h3-14H,1-2H3. The van der Waals surface area contributed by atoms with Crippen LogP contribution >= 0.6 is 0 Å². The molecule has 0 N–H and O–H groups in total. The molecule has 1 nitrogen and oxygen atoms in total. The van der Waals surface area contributed by atoms with E-state index in [1.807, 2.05) is 74.5 Å². The number of rotatable bonds is 4. The van der Waals surface area contributed by atoms with E-state index < -0.39 is 5.41 Å². The molecule has 0 heterocycles. The largest absolute Gasteiger partial charge is 0.293 e. The van der Waals surface area contributed by atoms with Gasteiger partial charge in [0.15, 0.2) is 5.78 Å². The molecular weight excluding hydrogens is 232 g/mol. The second kappa shape index (κ2) is 5.66. The Morgan fingerprint density at radius 1 is 0.895 bits per heavy atom. The van der Waals surface area contributed by atoms with Crippen LogP contribution in [0.3, 0.4) is 0 Å². The molecule has 0 aliphatic heterocycles. The normalized spacial score (nSPS) is 11.7. The van der Waals surface area contributed by atoms with Crippen molar-refractivity contribution >= 4 is 5.78 Å². The maximum atomic E-state index is 12.6. The Hall–Kier alpha value is -2.15. The molecule has 0 spiro atoms. The average molecular weight is 250 g/mol.